The van der Waals surface area contributed by atoms with Crippen molar-refractivity contribution in [3.63, 3.8) is 0 Å². The Morgan fingerprint density at radius 2 is 1.95 bits per heavy atom. The third kappa shape index (κ3) is 2.91. The molecule has 0 aromatic heterocycles. The molecule has 0 saturated heterocycles. The zero-order valence-corrected chi connectivity index (χ0v) is 12.2. The lowest BCUT2D eigenvalue weighted by molar-refractivity contribution is -0.117. The normalized spacial score (nSPS) is 13.5. The second kappa shape index (κ2) is 5.85. The standard InChI is InChI=1S/C18H16N2O2/c1-20-16-9-8-15(11-14(16)12-18(20)22)19-17(21)10-7-13-5-3-2-4-6-13/h2-11H,12H2,1H3,(H,19,21). The van der Waals surface area contributed by atoms with Crippen LogP contribution < -0.4 is 10.2 Å². The fourth-order valence-corrected chi connectivity index (χ4v) is 2.47. The van der Waals surface area contributed by atoms with Crippen LogP contribution >= 0.6 is 0 Å². The number of nitrogens with one attached hydrogen (secondary N) is 1. The lowest BCUT2D eigenvalue weighted by Gasteiger charge is -2.10. The fraction of sp³-hybridized carbons (Fsp3) is 0.111. The summed E-state index contributed by atoms with van der Waals surface area (Å²) in [5.41, 5.74) is 3.52. The van der Waals surface area contributed by atoms with Gasteiger partial charge in [-0.1, -0.05) is 30.3 Å². The predicted molar refractivity (Wildman–Crippen MR) is 87.7 cm³/mol. The number of fused-ring (bicyclic) bond motifs is 1. The molecule has 2 amide bonds. The number of carbonyl (C=O) groups excluding carboxylic acids is 2. The third-order valence-corrected chi connectivity index (χ3v) is 3.65. The van der Waals surface area contributed by atoms with E-state index in [2.05, 4.69) is 5.32 Å². The van der Waals surface area contributed by atoms with E-state index in [0.717, 1.165) is 16.8 Å². The average molecular weight is 292 g/mol. The summed E-state index contributed by atoms with van der Waals surface area (Å²) in [4.78, 5) is 25.2. The Bertz CT molecular complexity index is 751. The first-order chi connectivity index (χ1) is 10.6. The van der Waals surface area contributed by atoms with Gasteiger partial charge in [-0.05, 0) is 35.4 Å². The van der Waals surface area contributed by atoms with Crippen LogP contribution in [-0.2, 0) is 16.0 Å². The van der Waals surface area contributed by atoms with Crippen molar-refractivity contribution in [3.05, 3.63) is 65.7 Å². The van der Waals surface area contributed by atoms with Crippen molar-refractivity contribution in [1.82, 2.24) is 0 Å². The summed E-state index contributed by atoms with van der Waals surface area (Å²) in [6, 6.07) is 15.2. The molecular formula is C18H16N2O2. The quantitative estimate of drug-likeness (QED) is 0.884. The van der Waals surface area contributed by atoms with E-state index in [1.165, 1.54) is 6.08 Å². The SMILES string of the molecule is CN1C(=O)Cc2cc(NC(=O)C=Cc3ccccc3)ccc21. The molecule has 0 bridgehead atoms. The second-order valence-corrected chi connectivity index (χ2v) is 5.21. The molecule has 0 atom stereocenters. The van der Waals surface area contributed by atoms with Crippen molar-refractivity contribution in [2.45, 2.75) is 6.42 Å². The smallest absolute Gasteiger partial charge is 0.248 e. The minimum atomic E-state index is -0.193. The van der Waals surface area contributed by atoms with Gasteiger partial charge < -0.3 is 10.2 Å². The maximum Gasteiger partial charge on any atom is 0.248 e. The topological polar surface area (TPSA) is 49.4 Å². The van der Waals surface area contributed by atoms with Crippen molar-refractivity contribution >= 4 is 29.3 Å². The second-order valence-electron chi connectivity index (χ2n) is 5.21. The molecule has 1 aliphatic heterocycles. The van der Waals surface area contributed by atoms with Crippen molar-refractivity contribution in [3.8, 4) is 0 Å². The highest BCUT2D eigenvalue weighted by atomic mass is 16.2. The van der Waals surface area contributed by atoms with Crippen molar-refractivity contribution in [2.24, 2.45) is 0 Å². The van der Waals surface area contributed by atoms with Crippen LogP contribution in [0.15, 0.2) is 54.6 Å². The molecule has 1 aliphatic rings. The van der Waals surface area contributed by atoms with Crippen LogP contribution in [0.3, 0.4) is 0 Å². The van der Waals surface area contributed by atoms with Crippen molar-refractivity contribution < 1.29 is 9.59 Å². The summed E-state index contributed by atoms with van der Waals surface area (Å²) < 4.78 is 0. The van der Waals surface area contributed by atoms with E-state index in [4.69, 9.17) is 0 Å². The molecule has 1 heterocycles. The molecular weight excluding hydrogens is 276 g/mol. The Kier molecular flexibility index (Phi) is 3.74. The molecule has 4 nitrogen and oxygen atoms in total. The van der Waals surface area contributed by atoms with Crippen LogP contribution in [0.25, 0.3) is 6.08 Å². The molecule has 0 unspecified atom stereocenters. The third-order valence-electron chi connectivity index (χ3n) is 3.65. The first-order valence-corrected chi connectivity index (χ1v) is 7.07. The number of nitrogens with zero attached hydrogens (tertiary/aromatic N) is 1. The minimum absolute atomic E-state index is 0.0717. The highest BCUT2D eigenvalue weighted by Crippen LogP contribution is 2.29. The molecule has 1 N–H and O–H groups in total. The van der Waals surface area contributed by atoms with E-state index >= 15 is 0 Å². The molecule has 0 aliphatic carbocycles. The van der Waals surface area contributed by atoms with Gasteiger partial charge in [-0.15, -0.1) is 0 Å². The number of carbonyl (C=O) groups is 2. The van der Waals surface area contributed by atoms with Crippen LogP contribution in [0.1, 0.15) is 11.1 Å². The van der Waals surface area contributed by atoms with Gasteiger partial charge in [-0.3, -0.25) is 9.59 Å². The molecule has 0 spiro atoms. The molecule has 0 saturated carbocycles. The van der Waals surface area contributed by atoms with Crippen LogP contribution in [0.2, 0.25) is 0 Å². The minimum Gasteiger partial charge on any atom is -0.323 e. The van der Waals surface area contributed by atoms with Gasteiger partial charge in [0.2, 0.25) is 11.8 Å². The number of benzene rings is 2. The summed E-state index contributed by atoms with van der Waals surface area (Å²) in [6.45, 7) is 0. The van der Waals surface area contributed by atoms with Crippen LogP contribution in [0.4, 0.5) is 11.4 Å². The molecule has 3 rings (SSSR count). The lowest BCUT2D eigenvalue weighted by Crippen LogP contribution is -2.20. The van der Waals surface area contributed by atoms with E-state index < -0.39 is 0 Å². The number of anilines is 2. The van der Waals surface area contributed by atoms with E-state index in [1.807, 2.05) is 48.5 Å². The van der Waals surface area contributed by atoms with E-state index in [-0.39, 0.29) is 11.8 Å². The lowest BCUT2D eigenvalue weighted by atomic mass is 10.1. The fourth-order valence-electron chi connectivity index (χ4n) is 2.47. The molecule has 2 aromatic carbocycles. The van der Waals surface area contributed by atoms with Crippen LogP contribution in [0.5, 0.6) is 0 Å². The molecule has 4 heteroatoms. The number of rotatable bonds is 3. The Hall–Kier alpha value is -2.88. The zero-order valence-electron chi connectivity index (χ0n) is 12.2. The Morgan fingerprint density at radius 3 is 2.73 bits per heavy atom. The van der Waals surface area contributed by atoms with Crippen LogP contribution in [-0.4, -0.2) is 18.9 Å². The predicted octanol–water partition coefficient (Wildman–Crippen LogP) is 2.86. The number of hydrogen-bond acceptors (Lipinski definition) is 2. The summed E-state index contributed by atoms with van der Waals surface area (Å²) in [7, 11) is 1.76. The van der Waals surface area contributed by atoms with Gasteiger partial charge in [0.15, 0.2) is 0 Å². The summed E-state index contributed by atoms with van der Waals surface area (Å²) in [6.07, 6.45) is 3.65. The van der Waals surface area contributed by atoms with Gasteiger partial charge in [0.1, 0.15) is 0 Å². The highest BCUT2D eigenvalue weighted by molar-refractivity contribution is 6.04. The Labute approximate surface area is 129 Å². The molecule has 2 aromatic rings. The Balaban J connectivity index is 1.69. The number of hydrogen-bond donors (Lipinski definition) is 1. The first-order valence-electron chi connectivity index (χ1n) is 7.07. The summed E-state index contributed by atoms with van der Waals surface area (Å²) >= 11 is 0. The summed E-state index contributed by atoms with van der Waals surface area (Å²) in [5, 5.41) is 2.82. The van der Waals surface area contributed by atoms with Gasteiger partial charge in [-0.2, -0.15) is 0 Å². The van der Waals surface area contributed by atoms with E-state index in [1.54, 1.807) is 18.0 Å². The number of likely N-dealkylation sites (N-methyl/N-ethyl adjacent to an activating group) is 1. The van der Waals surface area contributed by atoms with Crippen molar-refractivity contribution in [2.75, 3.05) is 17.3 Å². The molecule has 0 radical (unpaired) electrons. The maximum atomic E-state index is 11.9. The van der Waals surface area contributed by atoms with Gasteiger partial charge >= 0.3 is 0 Å². The summed E-state index contributed by atoms with van der Waals surface area (Å²) in [5.74, 6) is -0.121. The maximum absolute atomic E-state index is 11.9. The molecule has 22 heavy (non-hydrogen) atoms. The van der Waals surface area contributed by atoms with E-state index in [0.29, 0.717) is 12.1 Å². The first kappa shape index (κ1) is 14.1. The van der Waals surface area contributed by atoms with Crippen molar-refractivity contribution in [1.29, 1.82) is 0 Å². The van der Waals surface area contributed by atoms with Gasteiger partial charge in [0, 0.05) is 24.5 Å². The van der Waals surface area contributed by atoms with Gasteiger partial charge in [0.05, 0.1) is 6.42 Å². The Morgan fingerprint density at radius 1 is 1.18 bits per heavy atom. The van der Waals surface area contributed by atoms with Crippen LogP contribution in [0, 0.1) is 0 Å². The monoisotopic (exact) mass is 292 g/mol. The average Bonchev–Trinajstić information content (AvgIpc) is 2.81. The molecule has 0 fully saturated rings. The largest absolute Gasteiger partial charge is 0.323 e. The van der Waals surface area contributed by atoms with Gasteiger partial charge in [-0.25, -0.2) is 0 Å². The molecule has 110 valence electrons. The number of amides is 2. The van der Waals surface area contributed by atoms with E-state index in [9.17, 15) is 9.59 Å². The van der Waals surface area contributed by atoms with Gasteiger partial charge in [0.25, 0.3) is 0 Å². The highest BCUT2D eigenvalue weighted by Gasteiger charge is 2.23. The zero-order chi connectivity index (χ0) is 15.5.